The first-order chi connectivity index (χ1) is 7.37. The fraction of sp³-hybridized carbons (Fsp3) is 0.111. The Bertz CT molecular complexity index is 547. The number of sulfonamides is 1. The van der Waals surface area contributed by atoms with Crippen molar-refractivity contribution in [1.29, 1.82) is 0 Å². The van der Waals surface area contributed by atoms with Crippen LogP contribution in [0.5, 0.6) is 0 Å². The van der Waals surface area contributed by atoms with Gasteiger partial charge < -0.3 is 0 Å². The van der Waals surface area contributed by atoms with Gasteiger partial charge in [0, 0.05) is 11.8 Å². The second-order valence-corrected chi connectivity index (χ2v) is 4.66. The van der Waals surface area contributed by atoms with E-state index in [-0.39, 0.29) is 4.90 Å². The Labute approximate surface area is 91.5 Å². The van der Waals surface area contributed by atoms with Crippen molar-refractivity contribution in [1.82, 2.24) is 0 Å². The lowest BCUT2D eigenvalue weighted by molar-refractivity contribution is -0.319. The number of ketones is 1. The van der Waals surface area contributed by atoms with Crippen LogP contribution in [0.25, 0.3) is 0 Å². The number of benzene rings is 1. The molecule has 0 spiro atoms. The molecule has 0 bridgehead atoms. The molecule has 84 valence electrons. The van der Waals surface area contributed by atoms with Crippen LogP contribution >= 0.6 is 0 Å². The first kappa shape index (κ1) is 12.2. The number of Topliss-reactive ketones (excluding diaryl/α,β-unsaturated/α-hetero) is 1. The molecule has 0 aliphatic heterocycles. The van der Waals surface area contributed by atoms with Crippen LogP contribution in [-0.2, 0) is 19.6 Å². The molecule has 6 nitrogen and oxygen atoms in total. The van der Waals surface area contributed by atoms with E-state index in [0.717, 1.165) is 19.1 Å². The van der Waals surface area contributed by atoms with Crippen molar-refractivity contribution in [2.75, 3.05) is 0 Å². The molecule has 16 heavy (non-hydrogen) atoms. The summed E-state index contributed by atoms with van der Waals surface area (Å²) in [5, 5.41) is 0. The summed E-state index contributed by atoms with van der Waals surface area (Å²) in [6, 6.07) is 6.68. The molecule has 0 fully saturated rings. The summed E-state index contributed by atoms with van der Waals surface area (Å²) >= 11 is 0. The van der Waals surface area contributed by atoms with Gasteiger partial charge in [0.15, 0.2) is 0 Å². The van der Waals surface area contributed by atoms with Crippen molar-refractivity contribution >= 4 is 21.7 Å². The Hall–Kier alpha value is -1.89. The van der Waals surface area contributed by atoms with Gasteiger partial charge in [-0.3, -0.25) is 4.79 Å². The van der Waals surface area contributed by atoms with Crippen LogP contribution in [-0.4, -0.2) is 24.3 Å². The van der Waals surface area contributed by atoms with Crippen LogP contribution in [0.1, 0.15) is 6.92 Å². The number of carbonyl (C=O) groups excluding carboxylic acids is 2. The van der Waals surface area contributed by atoms with Gasteiger partial charge in [0.1, 0.15) is 4.90 Å². The molecule has 1 aromatic carbocycles. The molecule has 0 radical (unpaired) electrons. The molecule has 0 aliphatic rings. The summed E-state index contributed by atoms with van der Waals surface area (Å²) in [7, 11) is -4.48. The molecule has 0 saturated carbocycles. The highest BCUT2D eigenvalue weighted by atomic mass is 32.2. The van der Waals surface area contributed by atoms with Gasteiger partial charge >= 0.3 is 15.9 Å². The molecule has 0 N–H and O–H groups in total. The van der Waals surface area contributed by atoms with Crippen LogP contribution in [0.3, 0.4) is 0 Å². The van der Waals surface area contributed by atoms with E-state index in [9.17, 15) is 22.9 Å². The summed E-state index contributed by atoms with van der Waals surface area (Å²) in [5.74, 6) is -2.74. The van der Waals surface area contributed by atoms with Crippen molar-refractivity contribution in [3.8, 4) is 0 Å². The number of hydrogen-bond donors (Lipinski definition) is 0. The predicted molar refractivity (Wildman–Crippen MR) is 52.9 cm³/mol. The number of nitrogens with zero attached hydrogens (tertiary/aromatic N) is 1. The molecular weight excluding hydrogens is 234 g/mol. The first-order valence-corrected chi connectivity index (χ1v) is 5.64. The summed E-state index contributed by atoms with van der Waals surface area (Å²) in [6.45, 7) is 0.827. The zero-order chi connectivity index (χ0) is 12.3. The highest BCUT2D eigenvalue weighted by Gasteiger charge is 2.42. The Balaban J connectivity index is 3.20. The van der Waals surface area contributed by atoms with Crippen molar-refractivity contribution < 1.29 is 22.2 Å². The summed E-state index contributed by atoms with van der Waals surface area (Å²) in [5.41, 5.74) is 0. The Morgan fingerprint density at radius 2 is 1.62 bits per heavy atom. The topological polar surface area (TPSA) is 88.4 Å². The van der Waals surface area contributed by atoms with Gasteiger partial charge in [0.2, 0.25) is 4.17 Å². The Morgan fingerprint density at radius 1 is 1.12 bits per heavy atom. The third kappa shape index (κ3) is 2.19. The van der Waals surface area contributed by atoms with E-state index in [1.807, 2.05) is 0 Å². The summed E-state index contributed by atoms with van der Waals surface area (Å²) in [6.07, 6.45) is 0. The maximum Gasteiger partial charge on any atom is 0.520 e. The lowest BCUT2D eigenvalue weighted by Gasteiger charge is -1.92. The first-order valence-electron chi connectivity index (χ1n) is 4.20. The smallest absolute Gasteiger partial charge is 0.283 e. The van der Waals surface area contributed by atoms with E-state index in [2.05, 4.69) is 0 Å². The van der Waals surface area contributed by atoms with Gasteiger partial charge in [-0.05, 0) is 12.1 Å². The minimum Gasteiger partial charge on any atom is -0.283 e. The molecule has 0 heterocycles. The second kappa shape index (κ2) is 4.31. The normalized spacial score (nSPS) is 10.8. The van der Waals surface area contributed by atoms with Crippen LogP contribution in [0.2, 0.25) is 0 Å². The fourth-order valence-corrected chi connectivity index (χ4v) is 1.97. The SMILES string of the molecule is CC(=O)C(=O)[N+](=O)S(=O)(=O)c1ccccc1. The van der Waals surface area contributed by atoms with Crippen molar-refractivity contribution in [3.05, 3.63) is 35.2 Å². The van der Waals surface area contributed by atoms with E-state index >= 15 is 0 Å². The lowest BCUT2D eigenvalue weighted by atomic mass is 10.4. The Morgan fingerprint density at radius 3 is 2.06 bits per heavy atom. The monoisotopic (exact) mass is 242 g/mol. The standard InChI is InChI=1S/C9H8NO5S/c1-7(11)9(12)10(13)16(14,15)8-5-3-2-4-6-8/h2-6H,1H3/q+1. The van der Waals surface area contributed by atoms with Gasteiger partial charge in [-0.15, -0.1) is 0 Å². The molecule has 1 rings (SSSR count). The number of nitroso groups, excluding NO2 is 1. The van der Waals surface area contributed by atoms with Gasteiger partial charge in [0.25, 0.3) is 5.78 Å². The minimum absolute atomic E-state index is 0.334. The summed E-state index contributed by atoms with van der Waals surface area (Å²) < 4.78 is 22.2. The van der Waals surface area contributed by atoms with Crippen LogP contribution < -0.4 is 0 Å². The zero-order valence-electron chi connectivity index (χ0n) is 8.28. The van der Waals surface area contributed by atoms with Gasteiger partial charge in [-0.2, -0.15) is 8.42 Å². The molecule has 1 amide bonds. The predicted octanol–water partition coefficient (Wildman–Crippen LogP) is 0.270. The van der Waals surface area contributed by atoms with Crippen LogP contribution in [0, 0.1) is 4.91 Å². The third-order valence-corrected chi connectivity index (χ3v) is 3.20. The zero-order valence-corrected chi connectivity index (χ0v) is 9.10. The quantitative estimate of drug-likeness (QED) is 0.560. The maximum atomic E-state index is 11.5. The highest BCUT2D eigenvalue weighted by molar-refractivity contribution is 7.85. The second-order valence-electron chi connectivity index (χ2n) is 2.91. The number of amides is 1. The van der Waals surface area contributed by atoms with E-state index in [1.54, 1.807) is 6.07 Å². The molecule has 0 atom stereocenters. The largest absolute Gasteiger partial charge is 0.520 e. The molecule has 7 heteroatoms. The number of hydrogen-bond acceptors (Lipinski definition) is 5. The fourth-order valence-electron chi connectivity index (χ4n) is 0.926. The highest BCUT2D eigenvalue weighted by Crippen LogP contribution is 2.11. The van der Waals surface area contributed by atoms with Gasteiger partial charge in [-0.1, -0.05) is 18.2 Å². The van der Waals surface area contributed by atoms with Gasteiger partial charge in [0.05, 0.1) is 0 Å². The summed E-state index contributed by atoms with van der Waals surface area (Å²) in [4.78, 5) is 32.4. The molecule has 0 unspecified atom stereocenters. The Kier molecular flexibility index (Phi) is 3.28. The van der Waals surface area contributed by atoms with E-state index in [0.29, 0.717) is 0 Å². The molecule has 0 aliphatic carbocycles. The van der Waals surface area contributed by atoms with E-state index in [4.69, 9.17) is 0 Å². The van der Waals surface area contributed by atoms with Crippen molar-refractivity contribution in [3.63, 3.8) is 0 Å². The van der Waals surface area contributed by atoms with E-state index in [1.165, 1.54) is 12.1 Å². The average molecular weight is 242 g/mol. The minimum atomic E-state index is -4.48. The van der Waals surface area contributed by atoms with Gasteiger partial charge in [-0.25, -0.2) is 4.79 Å². The number of carbonyl (C=O) groups is 2. The van der Waals surface area contributed by atoms with Crippen molar-refractivity contribution in [2.45, 2.75) is 11.8 Å². The third-order valence-electron chi connectivity index (χ3n) is 1.73. The van der Waals surface area contributed by atoms with Crippen LogP contribution in [0.4, 0.5) is 0 Å². The molecule has 0 aromatic heterocycles. The number of rotatable bonds is 3. The average Bonchev–Trinajstić information content (AvgIpc) is 2.28. The molecular formula is C9H8NO5S+. The van der Waals surface area contributed by atoms with Crippen LogP contribution in [0.15, 0.2) is 35.2 Å². The lowest BCUT2D eigenvalue weighted by Crippen LogP contribution is -2.30. The molecule has 0 saturated heterocycles. The maximum absolute atomic E-state index is 11.5. The van der Waals surface area contributed by atoms with Crippen molar-refractivity contribution in [2.24, 2.45) is 0 Å². The van der Waals surface area contributed by atoms with E-state index < -0.39 is 25.9 Å². The molecule has 1 aromatic rings.